The average molecular weight is 229 g/mol. The minimum atomic E-state index is 0.703. The first-order chi connectivity index (χ1) is 8.33. The molecule has 1 unspecified atom stereocenters. The van der Waals surface area contributed by atoms with E-state index >= 15 is 0 Å². The molecular weight excluding hydrogens is 206 g/mol. The molecule has 0 heterocycles. The van der Waals surface area contributed by atoms with Crippen LogP contribution in [0.3, 0.4) is 0 Å². The van der Waals surface area contributed by atoms with Crippen LogP contribution in [0.2, 0.25) is 0 Å². The normalized spacial score (nSPS) is 32.9. The Morgan fingerprint density at radius 3 is 2.59 bits per heavy atom. The Kier molecular flexibility index (Phi) is 4.42. The Labute approximate surface area is 105 Å². The van der Waals surface area contributed by atoms with Gasteiger partial charge < -0.3 is 0 Å². The topological polar surface area (TPSA) is 23.8 Å². The molecule has 0 bridgehead atoms. The maximum absolute atomic E-state index is 8.81. The molecule has 2 aliphatic rings. The van der Waals surface area contributed by atoms with E-state index in [-0.39, 0.29) is 0 Å². The molecule has 0 radical (unpaired) electrons. The lowest BCUT2D eigenvalue weighted by Gasteiger charge is -2.33. The summed E-state index contributed by atoms with van der Waals surface area (Å²) < 4.78 is 0. The zero-order valence-corrected chi connectivity index (χ0v) is 10.9. The molecule has 0 spiro atoms. The van der Waals surface area contributed by atoms with Gasteiger partial charge in [-0.05, 0) is 43.1 Å². The van der Waals surface area contributed by atoms with Crippen molar-refractivity contribution in [3.63, 3.8) is 0 Å². The second-order valence-corrected chi connectivity index (χ2v) is 5.60. The van der Waals surface area contributed by atoms with E-state index in [0.717, 1.165) is 23.8 Å². The third kappa shape index (κ3) is 3.22. The standard InChI is InChI=1S/C16H23N/c1-2-3-13-4-8-15(9-5-13)16-10-6-14(12-17)7-11-16/h6-7,10,13,15-16H,2-5,8-9,11H2,1H3/t13-,15-,16?. The zero-order chi connectivity index (χ0) is 12.1. The minimum absolute atomic E-state index is 0.703. The van der Waals surface area contributed by atoms with Gasteiger partial charge in [0.2, 0.25) is 0 Å². The summed E-state index contributed by atoms with van der Waals surface area (Å²) in [6, 6.07) is 2.23. The Hall–Kier alpha value is -1.03. The van der Waals surface area contributed by atoms with Gasteiger partial charge in [-0.25, -0.2) is 0 Å². The fraction of sp³-hybridized carbons (Fsp3) is 0.688. The molecule has 1 saturated carbocycles. The molecule has 0 amide bonds. The van der Waals surface area contributed by atoms with E-state index in [1.54, 1.807) is 0 Å². The molecule has 0 aromatic carbocycles. The molecule has 0 aromatic rings. The van der Waals surface area contributed by atoms with Gasteiger partial charge in [0.15, 0.2) is 0 Å². The summed E-state index contributed by atoms with van der Waals surface area (Å²) in [5.41, 5.74) is 0.848. The molecule has 0 saturated heterocycles. The van der Waals surface area contributed by atoms with E-state index < -0.39 is 0 Å². The molecule has 0 aromatic heterocycles. The van der Waals surface area contributed by atoms with Crippen molar-refractivity contribution >= 4 is 0 Å². The van der Waals surface area contributed by atoms with Gasteiger partial charge in [0.05, 0.1) is 6.07 Å². The lowest BCUT2D eigenvalue weighted by molar-refractivity contribution is 0.220. The van der Waals surface area contributed by atoms with Crippen LogP contribution in [0, 0.1) is 29.1 Å². The van der Waals surface area contributed by atoms with E-state index in [1.807, 2.05) is 6.08 Å². The lowest BCUT2D eigenvalue weighted by atomic mass is 9.72. The van der Waals surface area contributed by atoms with Crippen molar-refractivity contribution in [2.75, 3.05) is 0 Å². The molecule has 1 nitrogen and oxygen atoms in total. The third-order valence-electron chi connectivity index (χ3n) is 4.46. The van der Waals surface area contributed by atoms with Crippen LogP contribution in [0.4, 0.5) is 0 Å². The van der Waals surface area contributed by atoms with Crippen molar-refractivity contribution in [2.45, 2.75) is 51.9 Å². The van der Waals surface area contributed by atoms with Gasteiger partial charge in [-0.2, -0.15) is 5.26 Å². The second kappa shape index (κ2) is 6.05. The Morgan fingerprint density at radius 1 is 1.29 bits per heavy atom. The van der Waals surface area contributed by atoms with Crippen LogP contribution < -0.4 is 0 Å². The van der Waals surface area contributed by atoms with Crippen molar-refractivity contribution in [3.8, 4) is 6.07 Å². The van der Waals surface area contributed by atoms with Crippen LogP contribution in [-0.2, 0) is 0 Å². The smallest absolute Gasteiger partial charge is 0.0988 e. The predicted molar refractivity (Wildman–Crippen MR) is 71.3 cm³/mol. The molecule has 92 valence electrons. The lowest BCUT2D eigenvalue weighted by Crippen LogP contribution is -2.21. The first-order valence-electron chi connectivity index (χ1n) is 7.12. The molecule has 2 aliphatic carbocycles. The maximum Gasteiger partial charge on any atom is 0.0988 e. The SMILES string of the molecule is CCC[C@H]1CC[C@H](C2C=CC(C#N)=CC2)CC1. The van der Waals surface area contributed by atoms with Gasteiger partial charge >= 0.3 is 0 Å². The van der Waals surface area contributed by atoms with Gasteiger partial charge in [-0.1, -0.05) is 44.8 Å². The summed E-state index contributed by atoms with van der Waals surface area (Å²) in [6.07, 6.45) is 15.9. The van der Waals surface area contributed by atoms with Crippen molar-refractivity contribution in [1.82, 2.24) is 0 Å². The number of rotatable bonds is 3. The molecule has 0 aliphatic heterocycles. The summed E-state index contributed by atoms with van der Waals surface area (Å²) in [7, 11) is 0. The quantitative estimate of drug-likeness (QED) is 0.692. The molecule has 1 atom stereocenters. The molecular formula is C16H23N. The third-order valence-corrected chi connectivity index (χ3v) is 4.46. The van der Waals surface area contributed by atoms with Crippen LogP contribution in [-0.4, -0.2) is 0 Å². The highest BCUT2D eigenvalue weighted by molar-refractivity contribution is 5.35. The first-order valence-corrected chi connectivity index (χ1v) is 7.12. The van der Waals surface area contributed by atoms with E-state index in [2.05, 4.69) is 25.1 Å². The Bertz CT molecular complexity index is 337. The largest absolute Gasteiger partial charge is 0.192 e. The summed E-state index contributed by atoms with van der Waals surface area (Å²) in [5.74, 6) is 2.57. The van der Waals surface area contributed by atoms with E-state index in [0.29, 0.717) is 5.92 Å². The van der Waals surface area contributed by atoms with Crippen LogP contribution in [0.25, 0.3) is 0 Å². The zero-order valence-electron chi connectivity index (χ0n) is 10.9. The highest BCUT2D eigenvalue weighted by Gasteiger charge is 2.26. The number of hydrogen-bond donors (Lipinski definition) is 0. The molecule has 17 heavy (non-hydrogen) atoms. The summed E-state index contributed by atoms with van der Waals surface area (Å²) >= 11 is 0. The van der Waals surface area contributed by atoms with Gasteiger partial charge in [-0.3, -0.25) is 0 Å². The number of nitrogens with zero attached hydrogens (tertiary/aromatic N) is 1. The van der Waals surface area contributed by atoms with Gasteiger partial charge in [-0.15, -0.1) is 0 Å². The fourth-order valence-corrected chi connectivity index (χ4v) is 3.38. The van der Waals surface area contributed by atoms with Crippen molar-refractivity contribution < 1.29 is 0 Å². The van der Waals surface area contributed by atoms with Crippen molar-refractivity contribution in [1.29, 1.82) is 5.26 Å². The predicted octanol–water partition coefficient (Wildman–Crippen LogP) is 4.62. The van der Waals surface area contributed by atoms with Gasteiger partial charge in [0.25, 0.3) is 0 Å². The number of allylic oxidation sites excluding steroid dienone is 4. The molecule has 0 N–H and O–H groups in total. The van der Waals surface area contributed by atoms with Crippen LogP contribution in [0.1, 0.15) is 51.9 Å². The highest BCUT2D eigenvalue weighted by atomic mass is 14.3. The number of hydrogen-bond acceptors (Lipinski definition) is 1. The maximum atomic E-state index is 8.81. The highest BCUT2D eigenvalue weighted by Crippen LogP contribution is 2.38. The fourth-order valence-electron chi connectivity index (χ4n) is 3.38. The Balaban J connectivity index is 1.81. The molecule has 2 rings (SSSR count). The molecule has 1 heteroatoms. The van der Waals surface area contributed by atoms with Gasteiger partial charge in [0, 0.05) is 5.57 Å². The van der Waals surface area contributed by atoms with Crippen LogP contribution in [0.5, 0.6) is 0 Å². The number of nitriles is 1. The summed E-state index contributed by atoms with van der Waals surface area (Å²) in [6.45, 7) is 2.30. The van der Waals surface area contributed by atoms with Crippen LogP contribution in [0.15, 0.2) is 23.8 Å². The van der Waals surface area contributed by atoms with Crippen molar-refractivity contribution in [3.05, 3.63) is 23.8 Å². The molecule has 1 fully saturated rings. The van der Waals surface area contributed by atoms with E-state index in [1.165, 1.54) is 38.5 Å². The Morgan fingerprint density at radius 2 is 2.06 bits per heavy atom. The second-order valence-electron chi connectivity index (χ2n) is 5.60. The first kappa shape index (κ1) is 12.4. The van der Waals surface area contributed by atoms with E-state index in [9.17, 15) is 0 Å². The van der Waals surface area contributed by atoms with Crippen molar-refractivity contribution in [2.24, 2.45) is 17.8 Å². The summed E-state index contributed by atoms with van der Waals surface area (Å²) in [4.78, 5) is 0. The average Bonchev–Trinajstić information content (AvgIpc) is 2.40. The monoisotopic (exact) mass is 229 g/mol. The minimum Gasteiger partial charge on any atom is -0.192 e. The van der Waals surface area contributed by atoms with Crippen LogP contribution >= 0.6 is 0 Å². The van der Waals surface area contributed by atoms with E-state index in [4.69, 9.17) is 5.26 Å². The summed E-state index contributed by atoms with van der Waals surface area (Å²) in [5, 5.41) is 8.81. The van der Waals surface area contributed by atoms with Gasteiger partial charge in [0.1, 0.15) is 0 Å².